The van der Waals surface area contributed by atoms with Gasteiger partial charge in [0.15, 0.2) is 0 Å². The van der Waals surface area contributed by atoms with Crippen LogP contribution in [0.1, 0.15) is 18.9 Å². The number of carboxylic acid groups (broad SMARTS) is 1. The second kappa shape index (κ2) is 4.66. The van der Waals surface area contributed by atoms with Crippen molar-refractivity contribution in [1.82, 2.24) is 4.90 Å². The number of hydrogen-bond acceptors (Lipinski definition) is 2. The van der Waals surface area contributed by atoms with Crippen LogP contribution in [0.2, 0.25) is 0 Å². The smallest absolute Gasteiger partial charge is 0.320 e. The van der Waals surface area contributed by atoms with Crippen LogP contribution in [0.3, 0.4) is 0 Å². The number of likely N-dealkylation sites (tertiary alicyclic amines) is 1. The topological polar surface area (TPSA) is 40.5 Å². The molecular weight excluding hydrogens is 202 g/mol. The molecule has 0 aliphatic carbocycles. The van der Waals surface area contributed by atoms with Crippen molar-refractivity contribution in [2.45, 2.75) is 25.9 Å². The van der Waals surface area contributed by atoms with Crippen molar-refractivity contribution in [3.8, 4) is 0 Å². The molecule has 0 aromatic heterocycles. The second-order valence-electron chi connectivity index (χ2n) is 4.61. The van der Waals surface area contributed by atoms with Crippen LogP contribution in [0.15, 0.2) is 30.3 Å². The Bertz CT molecular complexity index is 363. The van der Waals surface area contributed by atoms with E-state index in [1.54, 1.807) is 0 Å². The summed E-state index contributed by atoms with van der Waals surface area (Å²) in [5, 5.41) is 9.14. The maximum atomic E-state index is 11.1. The molecule has 1 saturated heterocycles. The molecule has 0 bridgehead atoms. The van der Waals surface area contributed by atoms with E-state index in [1.807, 2.05) is 30.3 Å². The van der Waals surface area contributed by atoms with E-state index < -0.39 is 5.97 Å². The van der Waals surface area contributed by atoms with Gasteiger partial charge in [0.1, 0.15) is 6.04 Å². The summed E-state index contributed by atoms with van der Waals surface area (Å²) in [5.41, 5.74) is 1.18. The Kier molecular flexibility index (Phi) is 3.25. The molecule has 0 radical (unpaired) electrons. The predicted molar refractivity (Wildman–Crippen MR) is 62.1 cm³/mol. The lowest BCUT2D eigenvalue weighted by atomic mass is 10.1. The Balaban J connectivity index is 2.06. The zero-order chi connectivity index (χ0) is 11.5. The summed E-state index contributed by atoms with van der Waals surface area (Å²) in [4.78, 5) is 13.2. The van der Waals surface area contributed by atoms with Gasteiger partial charge in [0.05, 0.1) is 0 Å². The average molecular weight is 219 g/mol. The first-order valence-electron chi connectivity index (χ1n) is 5.67. The summed E-state index contributed by atoms with van der Waals surface area (Å²) in [5.74, 6) is -0.218. The number of nitrogens with zero attached hydrogens (tertiary/aromatic N) is 1. The predicted octanol–water partition coefficient (Wildman–Crippen LogP) is 1.98. The van der Waals surface area contributed by atoms with Crippen LogP contribution < -0.4 is 0 Å². The van der Waals surface area contributed by atoms with E-state index in [4.69, 9.17) is 5.11 Å². The second-order valence-corrected chi connectivity index (χ2v) is 4.61. The van der Waals surface area contributed by atoms with Crippen LogP contribution in [0.5, 0.6) is 0 Å². The van der Waals surface area contributed by atoms with Crippen molar-refractivity contribution in [1.29, 1.82) is 0 Å². The zero-order valence-electron chi connectivity index (χ0n) is 9.47. The van der Waals surface area contributed by atoms with Crippen molar-refractivity contribution in [3.63, 3.8) is 0 Å². The van der Waals surface area contributed by atoms with Gasteiger partial charge in [-0.2, -0.15) is 0 Å². The van der Waals surface area contributed by atoms with Crippen LogP contribution in [0.4, 0.5) is 0 Å². The lowest BCUT2D eigenvalue weighted by Gasteiger charge is -2.20. The normalized spacial score (nSPS) is 25.8. The molecule has 1 aromatic carbocycles. The molecule has 0 amide bonds. The van der Waals surface area contributed by atoms with E-state index in [9.17, 15) is 4.79 Å². The molecule has 1 aliphatic rings. The summed E-state index contributed by atoms with van der Waals surface area (Å²) in [6, 6.07) is 9.74. The van der Waals surface area contributed by atoms with Crippen LogP contribution in [0, 0.1) is 5.92 Å². The Morgan fingerprint density at radius 2 is 2.12 bits per heavy atom. The number of rotatable bonds is 3. The fraction of sp³-hybridized carbons (Fsp3) is 0.462. The van der Waals surface area contributed by atoms with Gasteiger partial charge in [-0.05, 0) is 17.9 Å². The van der Waals surface area contributed by atoms with E-state index in [0.717, 1.165) is 19.5 Å². The van der Waals surface area contributed by atoms with Gasteiger partial charge in [-0.3, -0.25) is 9.69 Å². The summed E-state index contributed by atoms with van der Waals surface area (Å²) < 4.78 is 0. The molecule has 0 unspecified atom stereocenters. The maximum absolute atomic E-state index is 11.1. The first-order valence-corrected chi connectivity index (χ1v) is 5.67. The summed E-state index contributed by atoms with van der Waals surface area (Å²) >= 11 is 0. The molecule has 86 valence electrons. The van der Waals surface area contributed by atoms with E-state index in [-0.39, 0.29) is 6.04 Å². The van der Waals surface area contributed by atoms with E-state index in [1.165, 1.54) is 5.56 Å². The molecule has 1 fully saturated rings. The van der Waals surface area contributed by atoms with Crippen molar-refractivity contribution in [2.75, 3.05) is 6.54 Å². The van der Waals surface area contributed by atoms with Gasteiger partial charge in [-0.25, -0.2) is 0 Å². The molecule has 3 nitrogen and oxygen atoms in total. The average Bonchev–Trinajstić information content (AvgIpc) is 2.61. The van der Waals surface area contributed by atoms with Crippen molar-refractivity contribution >= 4 is 5.97 Å². The maximum Gasteiger partial charge on any atom is 0.320 e. The molecule has 2 rings (SSSR count). The Hall–Kier alpha value is -1.35. The highest BCUT2D eigenvalue weighted by molar-refractivity contribution is 5.73. The van der Waals surface area contributed by atoms with Gasteiger partial charge in [-0.15, -0.1) is 0 Å². The van der Waals surface area contributed by atoms with Crippen molar-refractivity contribution in [3.05, 3.63) is 35.9 Å². The molecule has 0 saturated carbocycles. The standard InChI is InChI=1S/C13H17NO2/c1-10-7-12(13(15)16)14(8-10)9-11-5-3-2-4-6-11/h2-6,10,12H,7-9H2,1H3,(H,15,16)/t10-,12-/m1/s1. The third kappa shape index (κ3) is 2.42. The Labute approximate surface area is 95.7 Å². The molecular formula is C13H17NO2. The molecule has 3 heteroatoms. The first kappa shape index (κ1) is 11.1. The molecule has 1 N–H and O–H groups in total. The number of benzene rings is 1. The number of carboxylic acids is 1. The first-order chi connectivity index (χ1) is 7.66. The van der Waals surface area contributed by atoms with Crippen LogP contribution in [0.25, 0.3) is 0 Å². The molecule has 0 spiro atoms. The third-order valence-corrected chi connectivity index (χ3v) is 3.13. The zero-order valence-corrected chi connectivity index (χ0v) is 9.47. The Morgan fingerprint density at radius 1 is 1.44 bits per heavy atom. The van der Waals surface area contributed by atoms with Crippen LogP contribution in [-0.2, 0) is 11.3 Å². The SMILES string of the molecule is C[C@@H]1C[C@H](C(=O)O)N(Cc2ccccc2)C1. The van der Waals surface area contributed by atoms with E-state index in [2.05, 4.69) is 11.8 Å². The van der Waals surface area contributed by atoms with Crippen molar-refractivity contribution < 1.29 is 9.90 Å². The van der Waals surface area contributed by atoms with Gasteiger partial charge >= 0.3 is 5.97 Å². The van der Waals surface area contributed by atoms with Crippen molar-refractivity contribution in [2.24, 2.45) is 5.92 Å². The van der Waals surface area contributed by atoms with Gasteiger partial charge in [0.2, 0.25) is 0 Å². The quantitative estimate of drug-likeness (QED) is 0.845. The molecule has 16 heavy (non-hydrogen) atoms. The van der Waals surface area contributed by atoms with Crippen LogP contribution >= 0.6 is 0 Å². The van der Waals surface area contributed by atoms with Gasteiger partial charge in [-0.1, -0.05) is 37.3 Å². The summed E-state index contributed by atoms with van der Waals surface area (Å²) in [6.45, 7) is 3.73. The largest absolute Gasteiger partial charge is 0.480 e. The highest BCUT2D eigenvalue weighted by atomic mass is 16.4. The van der Waals surface area contributed by atoms with Gasteiger partial charge in [0, 0.05) is 13.1 Å². The highest BCUT2D eigenvalue weighted by Gasteiger charge is 2.34. The van der Waals surface area contributed by atoms with E-state index >= 15 is 0 Å². The highest BCUT2D eigenvalue weighted by Crippen LogP contribution is 2.24. The Morgan fingerprint density at radius 3 is 2.75 bits per heavy atom. The summed E-state index contributed by atoms with van der Waals surface area (Å²) in [7, 11) is 0. The lowest BCUT2D eigenvalue weighted by Crippen LogP contribution is -2.35. The summed E-state index contributed by atoms with van der Waals surface area (Å²) in [6.07, 6.45) is 0.766. The minimum absolute atomic E-state index is 0.310. The monoisotopic (exact) mass is 219 g/mol. The van der Waals surface area contributed by atoms with Gasteiger partial charge in [0.25, 0.3) is 0 Å². The fourth-order valence-corrected chi connectivity index (χ4v) is 2.38. The van der Waals surface area contributed by atoms with Gasteiger partial charge < -0.3 is 5.11 Å². The molecule has 1 aromatic rings. The number of carbonyl (C=O) groups is 1. The third-order valence-electron chi connectivity index (χ3n) is 3.13. The number of aliphatic carboxylic acids is 1. The molecule has 1 aliphatic heterocycles. The minimum Gasteiger partial charge on any atom is -0.480 e. The fourth-order valence-electron chi connectivity index (χ4n) is 2.38. The number of hydrogen-bond donors (Lipinski definition) is 1. The minimum atomic E-state index is -0.694. The lowest BCUT2D eigenvalue weighted by molar-refractivity contribution is -0.142. The van der Waals surface area contributed by atoms with Crippen LogP contribution in [-0.4, -0.2) is 28.6 Å². The van der Waals surface area contributed by atoms with E-state index in [0.29, 0.717) is 5.92 Å². The molecule has 2 atom stereocenters. The molecule has 1 heterocycles.